The summed E-state index contributed by atoms with van der Waals surface area (Å²) in [4.78, 5) is 11.6. The number of hydrogen-bond donors (Lipinski definition) is 3. The zero-order valence-electron chi connectivity index (χ0n) is 11.5. The van der Waals surface area contributed by atoms with E-state index in [1.807, 2.05) is 0 Å². The molecule has 0 aromatic heterocycles. The number of nitrogens with one attached hydrogen (secondary N) is 3. The first-order valence-corrected chi connectivity index (χ1v) is 7.50. The second-order valence-corrected chi connectivity index (χ2v) is 5.86. The Hall–Kier alpha value is -0.610. The van der Waals surface area contributed by atoms with Crippen molar-refractivity contribution in [2.45, 2.75) is 70.0 Å². The lowest BCUT2D eigenvalue weighted by Gasteiger charge is -2.21. The van der Waals surface area contributed by atoms with Crippen molar-refractivity contribution in [3.63, 3.8) is 0 Å². The fourth-order valence-electron chi connectivity index (χ4n) is 2.59. The minimum absolute atomic E-state index is 0.151. The Kier molecular flexibility index (Phi) is 5.45. The molecule has 1 saturated heterocycles. The summed E-state index contributed by atoms with van der Waals surface area (Å²) in [7, 11) is 0. The van der Waals surface area contributed by atoms with Gasteiger partial charge >= 0.3 is 0 Å². The Morgan fingerprint density at radius 3 is 2.89 bits per heavy atom. The fraction of sp³-hybridized carbons (Fsp3) is 0.929. The quantitative estimate of drug-likeness (QED) is 0.666. The van der Waals surface area contributed by atoms with Crippen molar-refractivity contribution in [3.05, 3.63) is 0 Å². The monoisotopic (exact) mass is 253 g/mol. The van der Waals surface area contributed by atoms with Gasteiger partial charge in [-0.15, -0.1) is 0 Å². The van der Waals surface area contributed by atoms with Gasteiger partial charge in [0.15, 0.2) is 0 Å². The van der Waals surface area contributed by atoms with Crippen molar-refractivity contribution < 1.29 is 4.79 Å². The van der Waals surface area contributed by atoms with Gasteiger partial charge in [-0.25, -0.2) is 0 Å². The van der Waals surface area contributed by atoms with Crippen molar-refractivity contribution in [2.75, 3.05) is 13.1 Å². The normalized spacial score (nSPS) is 26.4. The molecule has 0 radical (unpaired) electrons. The number of amides is 1. The molecule has 1 aliphatic heterocycles. The summed E-state index contributed by atoms with van der Waals surface area (Å²) in [6.07, 6.45) is 8.72. The summed E-state index contributed by atoms with van der Waals surface area (Å²) in [6, 6.07) is 1.50. The lowest BCUT2D eigenvalue weighted by atomic mass is 10.0. The van der Waals surface area contributed by atoms with E-state index in [1.165, 1.54) is 25.7 Å². The van der Waals surface area contributed by atoms with Crippen LogP contribution in [0, 0.1) is 0 Å². The third-order valence-electron chi connectivity index (χ3n) is 3.85. The van der Waals surface area contributed by atoms with Gasteiger partial charge in [-0.05, 0) is 45.6 Å². The molecule has 0 aromatic carbocycles. The summed E-state index contributed by atoms with van der Waals surface area (Å²) in [5, 5.41) is 9.94. The molecule has 4 nitrogen and oxygen atoms in total. The van der Waals surface area contributed by atoms with Gasteiger partial charge in [-0.3, -0.25) is 4.79 Å². The Bertz CT molecular complexity index is 258. The van der Waals surface area contributed by atoms with E-state index >= 15 is 0 Å². The smallest absolute Gasteiger partial charge is 0.234 e. The molecular formula is C14H27N3O. The molecule has 2 rings (SSSR count). The number of carbonyl (C=O) groups excluding carboxylic acids is 1. The second kappa shape index (κ2) is 7.10. The van der Waals surface area contributed by atoms with Crippen LogP contribution >= 0.6 is 0 Å². The maximum absolute atomic E-state index is 11.6. The summed E-state index contributed by atoms with van der Waals surface area (Å²) < 4.78 is 0. The number of rotatable bonds is 6. The van der Waals surface area contributed by atoms with Crippen LogP contribution in [0.4, 0.5) is 0 Å². The van der Waals surface area contributed by atoms with E-state index < -0.39 is 0 Å². The summed E-state index contributed by atoms with van der Waals surface area (Å²) in [5.41, 5.74) is 0. The Morgan fingerprint density at radius 2 is 2.11 bits per heavy atom. The zero-order chi connectivity index (χ0) is 12.8. The molecule has 2 unspecified atom stereocenters. The SMILES string of the molecule is CC(CC1CCCCCN1)NCC(=O)NC1CC1. The van der Waals surface area contributed by atoms with Crippen molar-refractivity contribution >= 4 is 5.91 Å². The molecule has 0 spiro atoms. The molecule has 2 fully saturated rings. The largest absolute Gasteiger partial charge is 0.352 e. The van der Waals surface area contributed by atoms with Crippen molar-refractivity contribution in [1.82, 2.24) is 16.0 Å². The van der Waals surface area contributed by atoms with Crippen LogP contribution in [0.3, 0.4) is 0 Å². The maximum atomic E-state index is 11.6. The lowest BCUT2D eigenvalue weighted by Crippen LogP contribution is -2.42. The first-order chi connectivity index (χ1) is 8.74. The molecule has 1 heterocycles. The van der Waals surface area contributed by atoms with Crippen molar-refractivity contribution in [1.29, 1.82) is 0 Å². The van der Waals surface area contributed by atoms with Gasteiger partial charge in [0.25, 0.3) is 0 Å². The van der Waals surface area contributed by atoms with Crippen LogP contribution in [0.2, 0.25) is 0 Å². The minimum atomic E-state index is 0.151. The molecule has 104 valence electrons. The molecule has 18 heavy (non-hydrogen) atoms. The number of hydrogen-bond acceptors (Lipinski definition) is 3. The molecule has 4 heteroatoms. The van der Waals surface area contributed by atoms with Crippen LogP contribution in [0.1, 0.15) is 51.9 Å². The average Bonchev–Trinajstić information content (AvgIpc) is 3.14. The third kappa shape index (κ3) is 5.36. The van der Waals surface area contributed by atoms with Gasteiger partial charge in [-0.1, -0.05) is 12.8 Å². The predicted molar refractivity (Wildman–Crippen MR) is 73.5 cm³/mol. The average molecular weight is 253 g/mol. The molecule has 2 atom stereocenters. The highest BCUT2D eigenvalue weighted by molar-refractivity contribution is 5.78. The van der Waals surface area contributed by atoms with E-state index in [0.29, 0.717) is 24.7 Å². The molecule has 3 N–H and O–H groups in total. The van der Waals surface area contributed by atoms with Gasteiger partial charge in [-0.2, -0.15) is 0 Å². The van der Waals surface area contributed by atoms with Gasteiger partial charge in [0.05, 0.1) is 6.54 Å². The van der Waals surface area contributed by atoms with E-state index in [1.54, 1.807) is 0 Å². The molecular weight excluding hydrogens is 226 g/mol. The van der Waals surface area contributed by atoms with Gasteiger partial charge in [0.1, 0.15) is 0 Å². The van der Waals surface area contributed by atoms with Gasteiger partial charge in [0, 0.05) is 18.1 Å². The van der Waals surface area contributed by atoms with E-state index in [-0.39, 0.29) is 5.91 Å². The van der Waals surface area contributed by atoms with Crippen molar-refractivity contribution in [3.8, 4) is 0 Å². The van der Waals surface area contributed by atoms with Gasteiger partial charge in [0.2, 0.25) is 5.91 Å². The fourth-order valence-corrected chi connectivity index (χ4v) is 2.59. The molecule has 1 saturated carbocycles. The van der Waals surface area contributed by atoms with Crippen LogP contribution in [0.5, 0.6) is 0 Å². The summed E-state index contributed by atoms with van der Waals surface area (Å²) in [6.45, 7) is 3.79. The molecule has 0 bridgehead atoms. The van der Waals surface area contributed by atoms with Crippen molar-refractivity contribution in [2.24, 2.45) is 0 Å². The highest BCUT2D eigenvalue weighted by Gasteiger charge is 2.23. The van der Waals surface area contributed by atoms with E-state index in [2.05, 4.69) is 22.9 Å². The Morgan fingerprint density at radius 1 is 1.28 bits per heavy atom. The van der Waals surface area contributed by atoms with E-state index in [0.717, 1.165) is 25.8 Å². The topological polar surface area (TPSA) is 53.2 Å². The van der Waals surface area contributed by atoms with Crippen LogP contribution in [0.25, 0.3) is 0 Å². The first kappa shape index (κ1) is 13.8. The standard InChI is InChI=1S/C14H27N3O/c1-11(9-13-5-3-2-4-8-15-13)16-10-14(18)17-12-6-7-12/h11-13,15-16H,2-10H2,1H3,(H,17,18). The van der Waals surface area contributed by atoms with Gasteiger partial charge < -0.3 is 16.0 Å². The first-order valence-electron chi connectivity index (χ1n) is 7.50. The zero-order valence-corrected chi connectivity index (χ0v) is 11.5. The molecule has 0 aromatic rings. The summed E-state index contributed by atoms with van der Waals surface area (Å²) in [5.74, 6) is 0.151. The lowest BCUT2D eigenvalue weighted by molar-refractivity contribution is -0.120. The summed E-state index contributed by atoms with van der Waals surface area (Å²) >= 11 is 0. The maximum Gasteiger partial charge on any atom is 0.234 e. The highest BCUT2D eigenvalue weighted by Crippen LogP contribution is 2.18. The molecule has 1 aliphatic carbocycles. The Balaban J connectivity index is 1.58. The van der Waals surface area contributed by atoms with Crippen LogP contribution < -0.4 is 16.0 Å². The predicted octanol–water partition coefficient (Wildman–Crippen LogP) is 1.17. The second-order valence-electron chi connectivity index (χ2n) is 5.86. The van der Waals surface area contributed by atoms with E-state index in [4.69, 9.17) is 0 Å². The van der Waals surface area contributed by atoms with E-state index in [9.17, 15) is 4.79 Å². The van der Waals surface area contributed by atoms with Crippen LogP contribution in [-0.4, -0.2) is 37.1 Å². The van der Waals surface area contributed by atoms with Crippen LogP contribution in [-0.2, 0) is 4.79 Å². The minimum Gasteiger partial charge on any atom is -0.352 e. The molecule has 1 amide bonds. The Labute approximate surface area is 110 Å². The molecule has 2 aliphatic rings. The third-order valence-corrected chi connectivity index (χ3v) is 3.85. The number of carbonyl (C=O) groups is 1. The highest BCUT2D eigenvalue weighted by atomic mass is 16.2. The van der Waals surface area contributed by atoms with Crippen LogP contribution in [0.15, 0.2) is 0 Å².